The molecule has 1 aliphatic carbocycles. The summed E-state index contributed by atoms with van der Waals surface area (Å²) in [6, 6.07) is 1.87. The molecule has 1 aliphatic heterocycles. The summed E-state index contributed by atoms with van der Waals surface area (Å²) in [5.74, 6) is 0.558. The number of nitrogens with one attached hydrogen (secondary N) is 1. The Morgan fingerprint density at radius 3 is 2.71 bits per heavy atom. The van der Waals surface area contributed by atoms with Crippen molar-refractivity contribution in [1.29, 1.82) is 0 Å². The predicted molar refractivity (Wildman–Crippen MR) is 92.2 cm³/mol. The lowest BCUT2D eigenvalue weighted by Crippen LogP contribution is -2.57. The van der Waals surface area contributed by atoms with Crippen LogP contribution in [0.1, 0.15) is 31.5 Å². The van der Waals surface area contributed by atoms with Crippen molar-refractivity contribution in [2.45, 2.75) is 38.6 Å². The first-order chi connectivity index (χ1) is 11.5. The SMILES string of the molecule is COCC(C)(C)N1CCN(C(=O)Nc2cc3c(nn2)CCC3)CC1. The molecule has 3 rings (SSSR count). The van der Waals surface area contributed by atoms with Gasteiger partial charge in [-0.1, -0.05) is 0 Å². The molecule has 0 aromatic carbocycles. The third-order valence-electron chi connectivity index (χ3n) is 4.98. The zero-order valence-electron chi connectivity index (χ0n) is 14.8. The van der Waals surface area contributed by atoms with Gasteiger partial charge in [-0.25, -0.2) is 4.79 Å². The molecule has 1 aromatic heterocycles. The number of hydrogen-bond donors (Lipinski definition) is 1. The van der Waals surface area contributed by atoms with E-state index in [1.54, 1.807) is 7.11 Å². The lowest BCUT2D eigenvalue weighted by atomic mass is 10.0. The van der Waals surface area contributed by atoms with E-state index >= 15 is 0 Å². The van der Waals surface area contributed by atoms with Gasteiger partial charge in [-0.3, -0.25) is 10.2 Å². The monoisotopic (exact) mass is 333 g/mol. The Bertz CT molecular complexity index is 597. The van der Waals surface area contributed by atoms with Crippen LogP contribution in [0.4, 0.5) is 10.6 Å². The topological polar surface area (TPSA) is 70.6 Å². The summed E-state index contributed by atoms with van der Waals surface area (Å²) in [6.45, 7) is 8.14. The number of piperazine rings is 1. The van der Waals surface area contributed by atoms with E-state index in [1.165, 1.54) is 5.56 Å². The first-order valence-corrected chi connectivity index (χ1v) is 8.65. The lowest BCUT2D eigenvalue weighted by Gasteiger charge is -2.43. The van der Waals surface area contributed by atoms with Crippen LogP contribution in [0.2, 0.25) is 0 Å². The summed E-state index contributed by atoms with van der Waals surface area (Å²) in [5.41, 5.74) is 2.27. The molecule has 0 saturated carbocycles. The molecular formula is C17H27N5O2. The number of nitrogens with zero attached hydrogens (tertiary/aromatic N) is 4. The molecule has 1 saturated heterocycles. The fraction of sp³-hybridized carbons (Fsp3) is 0.706. The molecule has 2 aliphatic rings. The summed E-state index contributed by atoms with van der Waals surface area (Å²) in [4.78, 5) is 16.7. The van der Waals surface area contributed by atoms with E-state index in [-0.39, 0.29) is 11.6 Å². The van der Waals surface area contributed by atoms with Crippen molar-refractivity contribution >= 4 is 11.8 Å². The van der Waals surface area contributed by atoms with E-state index in [9.17, 15) is 4.79 Å². The second kappa shape index (κ2) is 7.03. The van der Waals surface area contributed by atoms with Gasteiger partial charge in [0.15, 0.2) is 5.82 Å². The van der Waals surface area contributed by atoms with Gasteiger partial charge >= 0.3 is 6.03 Å². The molecule has 7 heteroatoms. The van der Waals surface area contributed by atoms with Gasteiger partial charge in [0, 0.05) is 38.8 Å². The summed E-state index contributed by atoms with van der Waals surface area (Å²) in [7, 11) is 1.73. The minimum Gasteiger partial charge on any atom is -0.383 e. The van der Waals surface area contributed by atoms with Crippen molar-refractivity contribution in [2.24, 2.45) is 0 Å². The molecule has 0 radical (unpaired) electrons. The van der Waals surface area contributed by atoms with Gasteiger partial charge in [-0.05, 0) is 44.7 Å². The van der Waals surface area contributed by atoms with Crippen LogP contribution in [0.3, 0.4) is 0 Å². The van der Waals surface area contributed by atoms with Gasteiger partial charge in [0.2, 0.25) is 0 Å². The normalized spacial score (nSPS) is 18.5. The fourth-order valence-electron chi connectivity index (χ4n) is 3.54. The number of carbonyl (C=O) groups excluding carboxylic acids is 1. The number of methoxy groups -OCH3 is 1. The van der Waals surface area contributed by atoms with Crippen LogP contribution in [-0.4, -0.2) is 71.5 Å². The molecule has 2 amide bonds. The highest BCUT2D eigenvalue weighted by Crippen LogP contribution is 2.21. The van der Waals surface area contributed by atoms with Gasteiger partial charge in [-0.2, -0.15) is 5.10 Å². The zero-order valence-corrected chi connectivity index (χ0v) is 14.8. The molecule has 7 nitrogen and oxygen atoms in total. The van der Waals surface area contributed by atoms with Crippen LogP contribution in [0.25, 0.3) is 0 Å². The summed E-state index contributed by atoms with van der Waals surface area (Å²) in [6.07, 6.45) is 3.15. The van der Waals surface area contributed by atoms with Gasteiger partial charge in [0.25, 0.3) is 0 Å². The number of ether oxygens (including phenoxy) is 1. The first kappa shape index (κ1) is 17.1. The van der Waals surface area contributed by atoms with Crippen molar-refractivity contribution in [3.63, 3.8) is 0 Å². The Kier molecular flexibility index (Phi) is 5.01. The average molecular weight is 333 g/mol. The van der Waals surface area contributed by atoms with E-state index in [0.29, 0.717) is 25.5 Å². The number of anilines is 1. The van der Waals surface area contributed by atoms with Gasteiger partial charge in [-0.15, -0.1) is 5.10 Å². The van der Waals surface area contributed by atoms with E-state index < -0.39 is 0 Å². The van der Waals surface area contributed by atoms with Crippen LogP contribution in [-0.2, 0) is 17.6 Å². The summed E-state index contributed by atoms with van der Waals surface area (Å²) >= 11 is 0. The van der Waals surface area contributed by atoms with Gasteiger partial charge in [0.1, 0.15) is 0 Å². The van der Waals surface area contributed by atoms with Gasteiger partial charge in [0.05, 0.1) is 12.3 Å². The highest BCUT2D eigenvalue weighted by molar-refractivity contribution is 5.88. The molecule has 1 aromatic rings. The Labute approximate surface area is 143 Å². The van der Waals surface area contributed by atoms with Crippen molar-refractivity contribution < 1.29 is 9.53 Å². The van der Waals surface area contributed by atoms with Crippen molar-refractivity contribution in [3.05, 3.63) is 17.3 Å². The van der Waals surface area contributed by atoms with Crippen LogP contribution in [0, 0.1) is 0 Å². The van der Waals surface area contributed by atoms with Crippen molar-refractivity contribution in [3.8, 4) is 0 Å². The molecule has 132 valence electrons. The Morgan fingerprint density at radius 2 is 2.00 bits per heavy atom. The third-order valence-corrected chi connectivity index (χ3v) is 4.98. The predicted octanol–water partition coefficient (Wildman–Crippen LogP) is 1.54. The number of carbonyl (C=O) groups is 1. The number of amides is 2. The second-order valence-corrected chi connectivity index (χ2v) is 7.20. The molecule has 0 spiro atoms. The first-order valence-electron chi connectivity index (χ1n) is 8.65. The quantitative estimate of drug-likeness (QED) is 0.905. The molecule has 0 atom stereocenters. The van der Waals surface area contributed by atoms with Crippen molar-refractivity contribution in [2.75, 3.05) is 45.2 Å². The Balaban J connectivity index is 1.54. The van der Waals surface area contributed by atoms with E-state index in [4.69, 9.17) is 4.74 Å². The number of aromatic nitrogens is 2. The molecule has 24 heavy (non-hydrogen) atoms. The largest absolute Gasteiger partial charge is 0.383 e. The minimum absolute atomic E-state index is 0.0111. The molecule has 1 fully saturated rings. The lowest BCUT2D eigenvalue weighted by molar-refractivity contribution is 0.0103. The maximum Gasteiger partial charge on any atom is 0.323 e. The third kappa shape index (κ3) is 3.67. The minimum atomic E-state index is -0.0913. The molecular weight excluding hydrogens is 306 g/mol. The average Bonchev–Trinajstić information content (AvgIpc) is 3.02. The van der Waals surface area contributed by atoms with Crippen LogP contribution < -0.4 is 5.32 Å². The summed E-state index contributed by atoms with van der Waals surface area (Å²) < 4.78 is 5.30. The summed E-state index contributed by atoms with van der Waals surface area (Å²) in [5, 5.41) is 11.2. The second-order valence-electron chi connectivity index (χ2n) is 7.20. The Morgan fingerprint density at radius 1 is 1.25 bits per heavy atom. The van der Waals surface area contributed by atoms with Crippen LogP contribution >= 0.6 is 0 Å². The fourth-order valence-corrected chi connectivity index (χ4v) is 3.54. The maximum absolute atomic E-state index is 12.5. The van der Waals surface area contributed by atoms with E-state index in [2.05, 4.69) is 34.3 Å². The van der Waals surface area contributed by atoms with E-state index in [1.807, 2.05) is 11.0 Å². The highest BCUT2D eigenvalue weighted by atomic mass is 16.5. The zero-order chi connectivity index (χ0) is 17.2. The molecule has 0 bridgehead atoms. The van der Waals surface area contributed by atoms with E-state index in [0.717, 1.165) is 38.0 Å². The van der Waals surface area contributed by atoms with Crippen LogP contribution in [0.15, 0.2) is 6.07 Å². The molecule has 2 heterocycles. The number of hydrogen-bond acceptors (Lipinski definition) is 5. The Hall–Kier alpha value is -1.73. The number of urea groups is 1. The molecule has 1 N–H and O–H groups in total. The number of rotatable bonds is 4. The standard InChI is InChI=1S/C17H27N5O2/c1-17(2,12-24-3)22-9-7-21(8-10-22)16(23)18-15-11-13-5-4-6-14(13)19-20-15/h11H,4-10,12H2,1-3H3,(H,18,20,23). The van der Waals surface area contributed by atoms with Crippen LogP contribution in [0.5, 0.6) is 0 Å². The maximum atomic E-state index is 12.5. The van der Waals surface area contributed by atoms with Gasteiger partial charge < -0.3 is 9.64 Å². The number of aryl methyl sites for hydroxylation is 2. The van der Waals surface area contributed by atoms with Crippen molar-refractivity contribution in [1.82, 2.24) is 20.0 Å². The number of fused-ring (bicyclic) bond motifs is 1. The smallest absolute Gasteiger partial charge is 0.323 e. The molecule has 0 unspecified atom stereocenters. The highest BCUT2D eigenvalue weighted by Gasteiger charge is 2.31.